The molecule has 154 valence electrons. The first-order valence-corrected chi connectivity index (χ1v) is 10.1. The van der Waals surface area contributed by atoms with Crippen LogP contribution in [0.3, 0.4) is 0 Å². The zero-order chi connectivity index (χ0) is 20.9. The number of benzene rings is 2. The van der Waals surface area contributed by atoms with E-state index in [1.165, 1.54) is 0 Å². The molecule has 4 aromatic rings. The molecule has 0 fully saturated rings. The molecule has 6 heteroatoms. The molecule has 2 N–H and O–H groups in total. The van der Waals surface area contributed by atoms with Crippen LogP contribution in [0, 0.1) is 0 Å². The fraction of sp³-hybridized carbons (Fsp3) is 0.250. The predicted octanol–water partition coefficient (Wildman–Crippen LogP) is 4.58. The van der Waals surface area contributed by atoms with E-state index in [1.54, 1.807) is 13.3 Å². The third-order valence-electron chi connectivity index (χ3n) is 5.00. The third-order valence-corrected chi connectivity index (χ3v) is 5.00. The van der Waals surface area contributed by atoms with Gasteiger partial charge in [-0.2, -0.15) is 0 Å². The molecule has 30 heavy (non-hydrogen) atoms. The van der Waals surface area contributed by atoms with Gasteiger partial charge in [0.2, 0.25) is 0 Å². The molecule has 0 aliphatic heterocycles. The molecule has 4 rings (SSSR count). The molecule has 0 aliphatic rings. The smallest absolute Gasteiger partial charge is 0.270 e. The largest absolute Gasteiger partial charge is 0.489 e. The van der Waals surface area contributed by atoms with Crippen LogP contribution < -0.4 is 10.1 Å². The second-order valence-electron chi connectivity index (χ2n) is 7.17. The Kier molecular flexibility index (Phi) is 5.95. The van der Waals surface area contributed by atoms with E-state index in [-0.39, 0.29) is 5.91 Å². The summed E-state index contributed by atoms with van der Waals surface area (Å²) >= 11 is 0. The van der Waals surface area contributed by atoms with E-state index in [1.807, 2.05) is 55.5 Å². The van der Waals surface area contributed by atoms with Crippen LogP contribution in [0.4, 0.5) is 0 Å². The standard InChI is InChI=1S/C24H25N3O3/c1-3-11-25-24(28)23-19(15-29-2)22-18-12-17(30-14-16-7-5-4-6-8-16)9-10-20(18)27-21(22)13-26-23/h4-10,12-13,27H,3,11,14-15H2,1-2H3,(H,25,28). The zero-order valence-corrected chi connectivity index (χ0v) is 17.2. The van der Waals surface area contributed by atoms with Crippen LogP contribution in [0.1, 0.15) is 35.0 Å². The molecule has 0 radical (unpaired) electrons. The molecule has 2 heterocycles. The Bertz CT molecular complexity index is 1170. The van der Waals surface area contributed by atoms with Crippen molar-refractivity contribution in [1.82, 2.24) is 15.3 Å². The van der Waals surface area contributed by atoms with Gasteiger partial charge in [-0.15, -0.1) is 0 Å². The SMILES string of the molecule is CCCNC(=O)c1ncc2[nH]c3ccc(OCc4ccccc4)cc3c2c1COC. The summed E-state index contributed by atoms with van der Waals surface area (Å²) in [6, 6.07) is 16.0. The number of carbonyl (C=O) groups is 1. The number of methoxy groups -OCH3 is 1. The molecule has 0 aliphatic carbocycles. The van der Waals surface area contributed by atoms with Crippen molar-refractivity contribution in [2.75, 3.05) is 13.7 Å². The second-order valence-corrected chi connectivity index (χ2v) is 7.17. The quantitative estimate of drug-likeness (QED) is 0.451. The van der Waals surface area contributed by atoms with Gasteiger partial charge in [0.1, 0.15) is 18.1 Å². The molecule has 6 nitrogen and oxygen atoms in total. The fourth-order valence-corrected chi connectivity index (χ4v) is 3.57. The number of aromatic nitrogens is 2. The molecule has 2 aromatic heterocycles. The average molecular weight is 403 g/mol. The number of carbonyl (C=O) groups excluding carboxylic acids is 1. The van der Waals surface area contributed by atoms with E-state index in [9.17, 15) is 4.79 Å². The molecule has 1 amide bonds. The van der Waals surface area contributed by atoms with Gasteiger partial charge in [-0.25, -0.2) is 4.98 Å². The molecule has 0 spiro atoms. The average Bonchev–Trinajstić information content (AvgIpc) is 3.15. The summed E-state index contributed by atoms with van der Waals surface area (Å²) in [5.74, 6) is 0.584. The maximum Gasteiger partial charge on any atom is 0.270 e. The predicted molar refractivity (Wildman–Crippen MR) is 118 cm³/mol. The number of amides is 1. The summed E-state index contributed by atoms with van der Waals surface area (Å²) < 4.78 is 11.4. The van der Waals surface area contributed by atoms with Crippen LogP contribution in [0.15, 0.2) is 54.7 Å². The van der Waals surface area contributed by atoms with E-state index in [4.69, 9.17) is 9.47 Å². The molecule has 0 bridgehead atoms. The number of pyridine rings is 1. The first-order valence-electron chi connectivity index (χ1n) is 10.1. The summed E-state index contributed by atoms with van der Waals surface area (Å²) in [7, 11) is 1.62. The highest BCUT2D eigenvalue weighted by Crippen LogP contribution is 2.32. The number of hydrogen-bond donors (Lipinski definition) is 2. The van der Waals surface area contributed by atoms with Crippen LogP contribution in [0.25, 0.3) is 21.8 Å². The van der Waals surface area contributed by atoms with Gasteiger partial charge in [0, 0.05) is 35.5 Å². The van der Waals surface area contributed by atoms with Crippen LogP contribution in [0.2, 0.25) is 0 Å². The summed E-state index contributed by atoms with van der Waals surface area (Å²) in [5, 5.41) is 4.83. The first-order chi connectivity index (χ1) is 14.7. The number of hydrogen-bond acceptors (Lipinski definition) is 4. The maximum atomic E-state index is 12.7. The number of fused-ring (bicyclic) bond motifs is 3. The zero-order valence-electron chi connectivity index (χ0n) is 17.2. The van der Waals surface area contributed by atoms with Crippen molar-refractivity contribution in [2.24, 2.45) is 0 Å². The maximum absolute atomic E-state index is 12.7. The monoisotopic (exact) mass is 403 g/mol. The number of ether oxygens (including phenoxy) is 2. The van der Waals surface area contributed by atoms with Gasteiger partial charge in [0.15, 0.2) is 0 Å². The van der Waals surface area contributed by atoms with Gasteiger partial charge in [-0.3, -0.25) is 4.79 Å². The lowest BCUT2D eigenvalue weighted by atomic mass is 10.0. The van der Waals surface area contributed by atoms with E-state index in [2.05, 4.69) is 15.3 Å². The van der Waals surface area contributed by atoms with Crippen molar-refractivity contribution < 1.29 is 14.3 Å². The normalized spacial score (nSPS) is 11.1. The Morgan fingerprint density at radius 2 is 1.93 bits per heavy atom. The highest BCUT2D eigenvalue weighted by atomic mass is 16.5. The number of nitrogens with one attached hydrogen (secondary N) is 2. The van der Waals surface area contributed by atoms with Crippen LogP contribution >= 0.6 is 0 Å². The molecule has 0 atom stereocenters. The van der Waals surface area contributed by atoms with Gasteiger partial charge >= 0.3 is 0 Å². The van der Waals surface area contributed by atoms with Gasteiger partial charge < -0.3 is 19.8 Å². The number of nitrogens with zero attached hydrogens (tertiary/aromatic N) is 1. The van der Waals surface area contributed by atoms with Crippen LogP contribution in [0.5, 0.6) is 5.75 Å². The van der Waals surface area contributed by atoms with Crippen molar-refractivity contribution >= 4 is 27.7 Å². The Balaban J connectivity index is 1.75. The summed E-state index contributed by atoms with van der Waals surface area (Å²) in [6.45, 7) is 3.41. The fourth-order valence-electron chi connectivity index (χ4n) is 3.57. The topological polar surface area (TPSA) is 76.2 Å². The summed E-state index contributed by atoms with van der Waals surface area (Å²) in [4.78, 5) is 20.5. The first kappa shape index (κ1) is 19.9. The minimum Gasteiger partial charge on any atom is -0.489 e. The van der Waals surface area contributed by atoms with Crippen molar-refractivity contribution in [3.05, 3.63) is 71.5 Å². The number of rotatable bonds is 8. The minimum atomic E-state index is -0.184. The molecule has 0 saturated heterocycles. The summed E-state index contributed by atoms with van der Waals surface area (Å²) in [6.07, 6.45) is 2.57. The van der Waals surface area contributed by atoms with Gasteiger partial charge in [0.25, 0.3) is 5.91 Å². The van der Waals surface area contributed by atoms with E-state index in [0.717, 1.165) is 45.1 Å². The van der Waals surface area contributed by atoms with Gasteiger partial charge in [0.05, 0.1) is 18.3 Å². The van der Waals surface area contributed by atoms with Crippen molar-refractivity contribution in [2.45, 2.75) is 26.6 Å². The van der Waals surface area contributed by atoms with E-state index >= 15 is 0 Å². The van der Waals surface area contributed by atoms with Crippen molar-refractivity contribution in [1.29, 1.82) is 0 Å². The third kappa shape index (κ3) is 4.00. The lowest BCUT2D eigenvalue weighted by Gasteiger charge is -2.10. The van der Waals surface area contributed by atoms with Crippen molar-refractivity contribution in [3.63, 3.8) is 0 Å². The highest BCUT2D eigenvalue weighted by molar-refractivity contribution is 6.11. The molecule has 2 aromatic carbocycles. The second kappa shape index (κ2) is 8.97. The van der Waals surface area contributed by atoms with Gasteiger partial charge in [-0.1, -0.05) is 37.3 Å². The van der Waals surface area contributed by atoms with Crippen molar-refractivity contribution in [3.8, 4) is 5.75 Å². The molecule has 0 saturated carbocycles. The Hall–Kier alpha value is -3.38. The molecule has 0 unspecified atom stereocenters. The minimum absolute atomic E-state index is 0.184. The number of H-pyrrole nitrogens is 1. The highest BCUT2D eigenvalue weighted by Gasteiger charge is 2.19. The van der Waals surface area contributed by atoms with Crippen LogP contribution in [-0.4, -0.2) is 29.5 Å². The van der Waals surface area contributed by atoms with Crippen LogP contribution in [-0.2, 0) is 18.0 Å². The Morgan fingerprint density at radius 1 is 1.10 bits per heavy atom. The lowest BCUT2D eigenvalue weighted by molar-refractivity contribution is 0.0943. The van der Waals surface area contributed by atoms with Gasteiger partial charge in [-0.05, 0) is 30.2 Å². The summed E-state index contributed by atoms with van der Waals surface area (Å²) in [5.41, 5.74) is 4.10. The molecular formula is C24H25N3O3. The molecular weight excluding hydrogens is 378 g/mol. The van der Waals surface area contributed by atoms with E-state index in [0.29, 0.717) is 25.5 Å². The lowest BCUT2D eigenvalue weighted by Crippen LogP contribution is -2.26. The Labute approximate surface area is 175 Å². The Morgan fingerprint density at radius 3 is 2.70 bits per heavy atom. The van der Waals surface area contributed by atoms with E-state index < -0.39 is 0 Å². The number of aromatic amines is 1.